The number of rotatable bonds is 6. The molecule has 1 rings (SSSR count). The van der Waals surface area contributed by atoms with Gasteiger partial charge in [0.05, 0.1) is 0 Å². The Kier molecular flexibility index (Phi) is 6.55. The van der Waals surface area contributed by atoms with Gasteiger partial charge in [0, 0.05) is 0 Å². The van der Waals surface area contributed by atoms with Crippen LogP contribution in [-0.2, 0) is 0 Å². The van der Waals surface area contributed by atoms with Crippen molar-refractivity contribution in [2.75, 3.05) is 25.7 Å². The van der Waals surface area contributed by atoms with E-state index in [-0.39, 0.29) is 15.8 Å². The largest absolute Gasteiger partial charge is 0.0778 e. The van der Waals surface area contributed by atoms with Crippen LogP contribution >= 0.6 is 15.8 Å². The van der Waals surface area contributed by atoms with Crippen LogP contribution in [0.3, 0.4) is 0 Å². The molecule has 0 amide bonds. The van der Waals surface area contributed by atoms with Crippen LogP contribution in [0.25, 0.3) is 0 Å². The zero-order valence-electron chi connectivity index (χ0n) is 11.0. The molecular weight excluding hydrogens is 230 g/mol. The first-order chi connectivity index (χ1) is 7.70. The van der Waals surface area contributed by atoms with Gasteiger partial charge in [-0.2, -0.15) is 0 Å². The van der Waals surface area contributed by atoms with Gasteiger partial charge in [-0.05, 0) is 36.3 Å². The Labute approximate surface area is 103 Å². The van der Waals surface area contributed by atoms with E-state index in [0.29, 0.717) is 0 Å². The molecule has 1 aromatic rings. The topological polar surface area (TPSA) is 0 Å². The third-order valence-electron chi connectivity index (χ3n) is 2.82. The first kappa shape index (κ1) is 14.1. The predicted molar refractivity (Wildman–Crippen MR) is 81.7 cm³/mol. The number of hydrogen-bond acceptors (Lipinski definition) is 0. The summed E-state index contributed by atoms with van der Waals surface area (Å²) in [6, 6.07) is 9.15. The summed E-state index contributed by atoms with van der Waals surface area (Å²) >= 11 is 0. The SMILES string of the molecule is CCC[P@@](C)c1ccccc1[P@](C)CCC. The maximum absolute atomic E-state index is 2.44. The maximum Gasteiger partial charge on any atom is -0.0167 e. The summed E-state index contributed by atoms with van der Waals surface area (Å²) in [6.45, 7) is 9.46. The lowest BCUT2D eigenvalue weighted by atomic mass is 10.4. The molecule has 0 spiro atoms. The maximum atomic E-state index is 2.44. The second kappa shape index (κ2) is 7.41. The van der Waals surface area contributed by atoms with Gasteiger partial charge in [0.15, 0.2) is 0 Å². The van der Waals surface area contributed by atoms with Crippen LogP contribution in [0.2, 0.25) is 0 Å². The molecule has 0 nitrogen and oxygen atoms in total. The molecule has 0 saturated carbocycles. The standard InChI is InChI=1S/C14H24P2/c1-5-11-15(3)13-9-7-8-10-14(13)16(4)12-6-2/h7-10H,5-6,11-12H2,1-4H3/t15-,16-/m1/s1. The van der Waals surface area contributed by atoms with Crippen molar-refractivity contribution in [3.05, 3.63) is 24.3 Å². The molecule has 0 saturated heterocycles. The lowest BCUT2D eigenvalue weighted by Crippen LogP contribution is -2.22. The van der Waals surface area contributed by atoms with E-state index in [4.69, 9.17) is 0 Å². The molecule has 2 atom stereocenters. The van der Waals surface area contributed by atoms with Gasteiger partial charge in [0.25, 0.3) is 0 Å². The molecule has 0 aliphatic carbocycles. The monoisotopic (exact) mass is 254 g/mol. The molecule has 0 unspecified atom stereocenters. The Morgan fingerprint density at radius 3 is 1.50 bits per heavy atom. The van der Waals surface area contributed by atoms with Gasteiger partial charge in [-0.25, -0.2) is 0 Å². The van der Waals surface area contributed by atoms with Gasteiger partial charge >= 0.3 is 0 Å². The molecule has 90 valence electrons. The normalized spacial score (nSPS) is 14.8. The smallest absolute Gasteiger partial charge is 0.0167 e. The van der Waals surface area contributed by atoms with E-state index < -0.39 is 0 Å². The Morgan fingerprint density at radius 2 is 1.19 bits per heavy atom. The molecule has 2 heteroatoms. The molecule has 0 aliphatic rings. The minimum Gasteiger partial charge on any atom is -0.0778 e. The highest BCUT2D eigenvalue weighted by atomic mass is 31.1. The predicted octanol–water partition coefficient (Wildman–Crippen LogP) is 3.98. The van der Waals surface area contributed by atoms with Crippen LogP contribution in [0.15, 0.2) is 24.3 Å². The van der Waals surface area contributed by atoms with E-state index in [0.717, 1.165) is 0 Å². The van der Waals surface area contributed by atoms with Crippen LogP contribution in [0, 0.1) is 0 Å². The molecule has 0 heterocycles. The average Bonchev–Trinajstić information content (AvgIpc) is 2.30. The number of benzene rings is 1. The summed E-state index contributed by atoms with van der Waals surface area (Å²) in [4.78, 5) is 0. The van der Waals surface area contributed by atoms with Gasteiger partial charge in [-0.15, -0.1) is 0 Å². The van der Waals surface area contributed by atoms with Crippen LogP contribution in [0.5, 0.6) is 0 Å². The van der Waals surface area contributed by atoms with Crippen LogP contribution in [0.4, 0.5) is 0 Å². The molecule has 0 fully saturated rings. The van der Waals surface area contributed by atoms with Crippen molar-refractivity contribution in [2.45, 2.75) is 26.7 Å². The Hall–Kier alpha value is 0.0800. The molecule has 16 heavy (non-hydrogen) atoms. The molecule has 0 bridgehead atoms. The van der Waals surface area contributed by atoms with Crippen molar-refractivity contribution in [3.63, 3.8) is 0 Å². The van der Waals surface area contributed by atoms with E-state index >= 15 is 0 Å². The molecule has 1 aromatic carbocycles. The minimum absolute atomic E-state index is 0.0765. The second-order valence-electron chi connectivity index (χ2n) is 4.33. The van der Waals surface area contributed by atoms with Crippen LogP contribution < -0.4 is 10.6 Å². The zero-order chi connectivity index (χ0) is 12.0. The molecule has 0 aromatic heterocycles. The van der Waals surface area contributed by atoms with Gasteiger partial charge < -0.3 is 0 Å². The summed E-state index contributed by atoms with van der Waals surface area (Å²) in [6.07, 6.45) is 5.38. The summed E-state index contributed by atoms with van der Waals surface area (Å²) in [5.41, 5.74) is 0. The van der Waals surface area contributed by atoms with Gasteiger partial charge in [0.2, 0.25) is 0 Å². The fraction of sp³-hybridized carbons (Fsp3) is 0.571. The average molecular weight is 254 g/mol. The molecule has 0 radical (unpaired) electrons. The summed E-state index contributed by atoms with van der Waals surface area (Å²) in [5, 5.41) is 3.34. The third-order valence-corrected chi connectivity index (χ3v) is 7.66. The summed E-state index contributed by atoms with van der Waals surface area (Å²) < 4.78 is 0. The fourth-order valence-electron chi connectivity index (χ4n) is 2.02. The van der Waals surface area contributed by atoms with Crippen LogP contribution in [0.1, 0.15) is 26.7 Å². The summed E-state index contributed by atoms with van der Waals surface area (Å²) in [5.74, 6) is 0. The first-order valence-electron chi connectivity index (χ1n) is 6.22. The fourth-order valence-corrected chi connectivity index (χ4v) is 6.48. The Bertz CT molecular complexity index is 278. The molecular formula is C14H24P2. The van der Waals surface area contributed by atoms with Crippen molar-refractivity contribution in [3.8, 4) is 0 Å². The highest BCUT2D eigenvalue weighted by Crippen LogP contribution is 2.36. The van der Waals surface area contributed by atoms with Crippen molar-refractivity contribution in [1.29, 1.82) is 0 Å². The quantitative estimate of drug-likeness (QED) is 0.674. The summed E-state index contributed by atoms with van der Waals surface area (Å²) in [7, 11) is 0.153. The Balaban J connectivity index is 2.90. The van der Waals surface area contributed by atoms with Gasteiger partial charge in [-0.3, -0.25) is 0 Å². The van der Waals surface area contributed by atoms with E-state index in [1.807, 2.05) is 0 Å². The van der Waals surface area contributed by atoms with Crippen molar-refractivity contribution >= 4 is 26.5 Å². The lowest BCUT2D eigenvalue weighted by Gasteiger charge is -2.20. The lowest BCUT2D eigenvalue weighted by molar-refractivity contribution is 1.10. The van der Waals surface area contributed by atoms with Crippen LogP contribution in [-0.4, -0.2) is 25.7 Å². The van der Waals surface area contributed by atoms with Gasteiger partial charge in [0.1, 0.15) is 0 Å². The molecule has 0 aliphatic heterocycles. The third kappa shape index (κ3) is 3.83. The van der Waals surface area contributed by atoms with E-state index in [1.54, 1.807) is 10.6 Å². The van der Waals surface area contributed by atoms with E-state index in [2.05, 4.69) is 51.4 Å². The second-order valence-corrected chi connectivity index (χ2v) is 8.98. The highest BCUT2D eigenvalue weighted by Gasteiger charge is 2.12. The Morgan fingerprint density at radius 1 is 0.812 bits per heavy atom. The first-order valence-corrected chi connectivity index (χ1v) is 10.2. The number of hydrogen-bond donors (Lipinski definition) is 0. The van der Waals surface area contributed by atoms with Crippen molar-refractivity contribution < 1.29 is 0 Å². The minimum atomic E-state index is 0.0765. The van der Waals surface area contributed by atoms with Crippen molar-refractivity contribution in [1.82, 2.24) is 0 Å². The van der Waals surface area contributed by atoms with Gasteiger partial charge in [-0.1, -0.05) is 66.8 Å². The molecule has 0 N–H and O–H groups in total. The van der Waals surface area contributed by atoms with E-state index in [9.17, 15) is 0 Å². The highest BCUT2D eigenvalue weighted by molar-refractivity contribution is 7.71. The zero-order valence-corrected chi connectivity index (χ0v) is 12.8. The van der Waals surface area contributed by atoms with E-state index in [1.165, 1.54) is 25.2 Å². The van der Waals surface area contributed by atoms with Crippen molar-refractivity contribution in [2.24, 2.45) is 0 Å².